The van der Waals surface area contributed by atoms with Gasteiger partial charge in [0.1, 0.15) is 0 Å². The molecule has 0 saturated carbocycles. The van der Waals surface area contributed by atoms with Crippen molar-refractivity contribution in [2.75, 3.05) is 13.1 Å². The van der Waals surface area contributed by atoms with Gasteiger partial charge in [-0.15, -0.1) is 0 Å². The standard InChI is InChI=1S/C22H23N3O4S/c1-2-21(26)23-19-13-25(14-19)30(28,29)20-9-7-15(8-10-20)22(27)24-18-11-16-5-3-4-6-17(16)12-18/h2-10,18-19H,1,11-14H2,(H,23,26)(H,24,27). The van der Waals surface area contributed by atoms with Gasteiger partial charge in [0.05, 0.1) is 10.9 Å². The maximum Gasteiger partial charge on any atom is 0.251 e. The van der Waals surface area contributed by atoms with Crippen LogP contribution in [0.15, 0.2) is 66.1 Å². The number of sulfonamides is 1. The zero-order valence-corrected chi connectivity index (χ0v) is 17.2. The number of hydrogen-bond acceptors (Lipinski definition) is 4. The number of nitrogens with one attached hydrogen (secondary N) is 2. The highest BCUT2D eigenvalue weighted by atomic mass is 32.2. The zero-order valence-electron chi connectivity index (χ0n) is 16.4. The average Bonchev–Trinajstić information content (AvgIpc) is 3.12. The quantitative estimate of drug-likeness (QED) is 0.681. The number of carbonyl (C=O) groups excluding carboxylic acids is 2. The van der Waals surface area contributed by atoms with Crippen LogP contribution in [0, 0.1) is 0 Å². The van der Waals surface area contributed by atoms with Gasteiger partial charge in [0.15, 0.2) is 0 Å². The van der Waals surface area contributed by atoms with E-state index in [-0.39, 0.29) is 41.9 Å². The fourth-order valence-electron chi connectivity index (χ4n) is 3.84. The number of hydrogen-bond donors (Lipinski definition) is 2. The van der Waals surface area contributed by atoms with Crippen molar-refractivity contribution in [3.63, 3.8) is 0 Å². The van der Waals surface area contributed by atoms with E-state index in [1.807, 2.05) is 12.1 Å². The highest BCUT2D eigenvalue weighted by Gasteiger charge is 2.37. The lowest BCUT2D eigenvalue weighted by Crippen LogP contribution is -2.60. The maximum absolute atomic E-state index is 12.7. The van der Waals surface area contributed by atoms with Crippen LogP contribution in [0.3, 0.4) is 0 Å². The number of carbonyl (C=O) groups is 2. The Morgan fingerprint density at radius 3 is 2.10 bits per heavy atom. The molecular formula is C22H23N3O4S. The number of amides is 2. The Hall–Kier alpha value is -2.97. The van der Waals surface area contributed by atoms with Crippen molar-refractivity contribution in [1.82, 2.24) is 14.9 Å². The first kappa shape index (κ1) is 20.3. The van der Waals surface area contributed by atoms with Crippen LogP contribution in [0.25, 0.3) is 0 Å². The van der Waals surface area contributed by atoms with E-state index >= 15 is 0 Å². The van der Waals surface area contributed by atoms with Gasteiger partial charge in [-0.3, -0.25) is 9.59 Å². The Morgan fingerprint density at radius 1 is 0.933 bits per heavy atom. The van der Waals surface area contributed by atoms with E-state index in [1.165, 1.54) is 39.7 Å². The summed E-state index contributed by atoms with van der Waals surface area (Å²) in [4.78, 5) is 24.0. The summed E-state index contributed by atoms with van der Waals surface area (Å²) in [6.45, 7) is 3.81. The molecule has 156 valence electrons. The Balaban J connectivity index is 1.35. The van der Waals surface area contributed by atoms with E-state index < -0.39 is 10.0 Å². The topological polar surface area (TPSA) is 95.6 Å². The zero-order chi connectivity index (χ0) is 21.3. The molecule has 2 amide bonds. The monoisotopic (exact) mass is 425 g/mol. The number of fused-ring (bicyclic) bond motifs is 1. The second kappa shape index (κ2) is 8.04. The normalized spacial score (nSPS) is 17.1. The van der Waals surface area contributed by atoms with E-state index in [0.717, 1.165) is 18.9 Å². The smallest absolute Gasteiger partial charge is 0.251 e. The van der Waals surface area contributed by atoms with Gasteiger partial charge in [0, 0.05) is 24.7 Å². The van der Waals surface area contributed by atoms with Crippen LogP contribution < -0.4 is 10.6 Å². The van der Waals surface area contributed by atoms with Crippen LogP contribution in [0.4, 0.5) is 0 Å². The Bertz CT molecular complexity index is 1060. The Labute approximate surface area is 175 Å². The predicted octanol–water partition coefficient (Wildman–Crippen LogP) is 1.26. The molecule has 0 bridgehead atoms. The van der Waals surface area contributed by atoms with Gasteiger partial charge in [-0.25, -0.2) is 8.42 Å². The van der Waals surface area contributed by atoms with Crippen LogP contribution in [0.2, 0.25) is 0 Å². The second-order valence-electron chi connectivity index (χ2n) is 7.60. The minimum atomic E-state index is -3.65. The molecule has 0 atom stereocenters. The molecule has 2 aromatic carbocycles. The van der Waals surface area contributed by atoms with Crippen molar-refractivity contribution in [3.05, 3.63) is 77.9 Å². The molecule has 1 fully saturated rings. The van der Waals surface area contributed by atoms with Gasteiger partial charge in [0.2, 0.25) is 15.9 Å². The third-order valence-corrected chi connectivity index (χ3v) is 7.37. The third-order valence-electron chi connectivity index (χ3n) is 5.52. The molecule has 2 N–H and O–H groups in total. The fourth-order valence-corrected chi connectivity index (χ4v) is 5.37. The summed E-state index contributed by atoms with van der Waals surface area (Å²) >= 11 is 0. The van der Waals surface area contributed by atoms with Gasteiger partial charge in [0.25, 0.3) is 5.91 Å². The van der Waals surface area contributed by atoms with E-state index in [2.05, 4.69) is 29.3 Å². The molecule has 0 radical (unpaired) electrons. The maximum atomic E-state index is 12.7. The molecular weight excluding hydrogens is 402 g/mol. The molecule has 1 aliphatic heterocycles. The molecule has 1 heterocycles. The largest absolute Gasteiger partial charge is 0.349 e. The van der Waals surface area contributed by atoms with E-state index in [9.17, 15) is 18.0 Å². The highest BCUT2D eigenvalue weighted by Crippen LogP contribution is 2.23. The predicted molar refractivity (Wildman–Crippen MR) is 112 cm³/mol. The van der Waals surface area contributed by atoms with Crippen LogP contribution in [0.5, 0.6) is 0 Å². The Kier molecular flexibility index (Phi) is 5.44. The van der Waals surface area contributed by atoms with Crippen molar-refractivity contribution in [3.8, 4) is 0 Å². The first-order valence-electron chi connectivity index (χ1n) is 9.77. The van der Waals surface area contributed by atoms with Crippen LogP contribution >= 0.6 is 0 Å². The highest BCUT2D eigenvalue weighted by molar-refractivity contribution is 7.89. The molecule has 2 aliphatic rings. The number of benzene rings is 2. The first-order valence-corrected chi connectivity index (χ1v) is 11.2. The lowest BCUT2D eigenvalue weighted by atomic mass is 10.1. The first-order chi connectivity index (χ1) is 14.4. The van der Waals surface area contributed by atoms with Crippen molar-refractivity contribution >= 4 is 21.8 Å². The minimum Gasteiger partial charge on any atom is -0.349 e. The molecule has 0 unspecified atom stereocenters. The fraction of sp³-hybridized carbons (Fsp3) is 0.273. The molecule has 1 aliphatic carbocycles. The molecule has 0 spiro atoms. The molecule has 2 aromatic rings. The molecule has 7 nitrogen and oxygen atoms in total. The van der Waals surface area contributed by atoms with Gasteiger partial charge < -0.3 is 10.6 Å². The molecule has 30 heavy (non-hydrogen) atoms. The number of nitrogens with zero attached hydrogens (tertiary/aromatic N) is 1. The van der Waals surface area contributed by atoms with Crippen molar-refractivity contribution in [2.24, 2.45) is 0 Å². The van der Waals surface area contributed by atoms with Crippen LogP contribution in [-0.2, 0) is 27.7 Å². The van der Waals surface area contributed by atoms with Gasteiger partial charge in [-0.05, 0) is 54.3 Å². The summed E-state index contributed by atoms with van der Waals surface area (Å²) < 4.78 is 26.7. The van der Waals surface area contributed by atoms with Gasteiger partial charge in [-0.1, -0.05) is 30.8 Å². The van der Waals surface area contributed by atoms with E-state index in [0.29, 0.717) is 5.56 Å². The van der Waals surface area contributed by atoms with Gasteiger partial charge in [-0.2, -0.15) is 4.31 Å². The summed E-state index contributed by atoms with van der Waals surface area (Å²) in [5.41, 5.74) is 2.92. The van der Waals surface area contributed by atoms with E-state index in [1.54, 1.807) is 0 Å². The van der Waals surface area contributed by atoms with E-state index in [4.69, 9.17) is 0 Å². The van der Waals surface area contributed by atoms with Crippen molar-refractivity contribution in [2.45, 2.75) is 29.8 Å². The summed E-state index contributed by atoms with van der Waals surface area (Å²) in [5, 5.41) is 5.70. The third kappa shape index (κ3) is 4.01. The number of rotatable bonds is 6. The summed E-state index contributed by atoms with van der Waals surface area (Å²) in [7, 11) is -3.65. The summed E-state index contributed by atoms with van der Waals surface area (Å²) in [5.74, 6) is -0.536. The molecule has 8 heteroatoms. The minimum absolute atomic E-state index is 0.0436. The summed E-state index contributed by atoms with van der Waals surface area (Å²) in [6, 6.07) is 13.9. The second-order valence-corrected chi connectivity index (χ2v) is 9.54. The SMILES string of the molecule is C=CC(=O)NC1CN(S(=O)(=O)c2ccc(C(=O)NC3Cc4ccccc4C3)cc2)C1. The van der Waals surface area contributed by atoms with Crippen LogP contribution in [0.1, 0.15) is 21.5 Å². The lowest BCUT2D eigenvalue weighted by Gasteiger charge is -2.38. The Morgan fingerprint density at radius 2 is 1.53 bits per heavy atom. The molecule has 1 saturated heterocycles. The van der Waals surface area contributed by atoms with Crippen LogP contribution in [-0.4, -0.2) is 49.7 Å². The summed E-state index contributed by atoms with van der Waals surface area (Å²) in [6.07, 6.45) is 2.75. The molecule has 4 rings (SSSR count). The van der Waals surface area contributed by atoms with Crippen molar-refractivity contribution in [1.29, 1.82) is 0 Å². The average molecular weight is 426 g/mol. The van der Waals surface area contributed by atoms with Crippen molar-refractivity contribution < 1.29 is 18.0 Å². The van der Waals surface area contributed by atoms with Gasteiger partial charge >= 0.3 is 0 Å². The lowest BCUT2D eigenvalue weighted by molar-refractivity contribution is -0.117. The molecule has 0 aromatic heterocycles.